The summed E-state index contributed by atoms with van der Waals surface area (Å²) in [5.74, 6) is 2.29. The van der Waals surface area contributed by atoms with Gasteiger partial charge in [-0.05, 0) is 120 Å². The lowest BCUT2D eigenvalue weighted by Crippen LogP contribution is -2.27. The van der Waals surface area contributed by atoms with Gasteiger partial charge in [-0.3, -0.25) is 0 Å². The maximum atomic E-state index is 15.6. The third kappa shape index (κ3) is 6.90. The SMILES string of the molecule is CCc1cc(-c2cc(CC)c(OCC(CC)(CC)CC)c(CC)c2)ccc1-c1ccc(C2CCC(C)CC2)cc1F. The van der Waals surface area contributed by atoms with Crippen LogP contribution in [0.1, 0.15) is 122 Å². The Bertz CT molecular complexity index is 1260. The van der Waals surface area contributed by atoms with Gasteiger partial charge in [-0.25, -0.2) is 4.39 Å². The third-order valence-corrected chi connectivity index (χ3v) is 10.4. The zero-order chi connectivity index (χ0) is 29.6. The van der Waals surface area contributed by atoms with Gasteiger partial charge in [0, 0.05) is 11.0 Å². The van der Waals surface area contributed by atoms with Crippen molar-refractivity contribution in [3.05, 3.63) is 76.6 Å². The Morgan fingerprint density at radius 3 is 1.78 bits per heavy atom. The average molecular weight is 557 g/mol. The molecule has 1 fully saturated rings. The van der Waals surface area contributed by atoms with Crippen LogP contribution in [-0.4, -0.2) is 6.61 Å². The molecule has 4 rings (SSSR count). The van der Waals surface area contributed by atoms with Crippen LogP contribution in [0.5, 0.6) is 5.75 Å². The second-order valence-corrected chi connectivity index (χ2v) is 12.6. The van der Waals surface area contributed by atoms with Crippen molar-refractivity contribution in [1.82, 2.24) is 0 Å². The maximum absolute atomic E-state index is 15.6. The smallest absolute Gasteiger partial charge is 0.131 e. The van der Waals surface area contributed by atoms with Gasteiger partial charge in [0.1, 0.15) is 11.6 Å². The first kappa shape index (κ1) is 31.3. The van der Waals surface area contributed by atoms with Gasteiger partial charge in [0.2, 0.25) is 0 Å². The topological polar surface area (TPSA) is 9.23 Å². The minimum Gasteiger partial charge on any atom is -0.492 e. The van der Waals surface area contributed by atoms with E-state index in [0.29, 0.717) is 5.92 Å². The summed E-state index contributed by atoms with van der Waals surface area (Å²) < 4.78 is 22.2. The highest BCUT2D eigenvalue weighted by Crippen LogP contribution is 2.39. The molecule has 41 heavy (non-hydrogen) atoms. The molecule has 0 heterocycles. The van der Waals surface area contributed by atoms with Crippen molar-refractivity contribution in [2.24, 2.45) is 11.3 Å². The first-order valence-electron chi connectivity index (χ1n) is 16.5. The van der Waals surface area contributed by atoms with E-state index in [2.05, 4.69) is 84.9 Å². The lowest BCUT2D eigenvalue weighted by molar-refractivity contribution is 0.126. The number of aryl methyl sites for hydroxylation is 3. The van der Waals surface area contributed by atoms with Crippen LogP contribution >= 0.6 is 0 Å². The van der Waals surface area contributed by atoms with Gasteiger partial charge in [0.25, 0.3) is 0 Å². The van der Waals surface area contributed by atoms with Crippen molar-refractivity contribution < 1.29 is 9.13 Å². The van der Waals surface area contributed by atoms with Crippen LogP contribution in [0, 0.1) is 17.2 Å². The lowest BCUT2D eigenvalue weighted by atomic mass is 9.79. The lowest BCUT2D eigenvalue weighted by Gasteiger charge is -2.31. The van der Waals surface area contributed by atoms with Gasteiger partial charge in [0.05, 0.1) is 6.61 Å². The molecule has 1 aliphatic carbocycles. The van der Waals surface area contributed by atoms with Crippen molar-refractivity contribution in [2.45, 2.75) is 119 Å². The molecule has 3 aromatic rings. The largest absolute Gasteiger partial charge is 0.492 e. The minimum atomic E-state index is -0.0890. The average Bonchev–Trinajstić information content (AvgIpc) is 3.01. The van der Waals surface area contributed by atoms with E-state index < -0.39 is 0 Å². The van der Waals surface area contributed by atoms with Crippen LogP contribution in [0.4, 0.5) is 4.39 Å². The predicted molar refractivity (Wildman–Crippen MR) is 175 cm³/mol. The second-order valence-electron chi connectivity index (χ2n) is 12.6. The summed E-state index contributed by atoms with van der Waals surface area (Å²) >= 11 is 0. The van der Waals surface area contributed by atoms with Crippen molar-refractivity contribution in [3.8, 4) is 28.0 Å². The van der Waals surface area contributed by atoms with Gasteiger partial charge >= 0.3 is 0 Å². The molecule has 0 aliphatic heterocycles. The third-order valence-electron chi connectivity index (χ3n) is 10.4. The molecule has 2 heteroatoms. The molecule has 0 amide bonds. The first-order chi connectivity index (χ1) is 19.8. The summed E-state index contributed by atoms with van der Waals surface area (Å²) in [4.78, 5) is 0. The van der Waals surface area contributed by atoms with Crippen molar-refractivity contribution >= 4 is 0 Å². The fourth-order valence-corrected chi connectivity index (χ4v) is 6.84. The molecule has 0 unspecified atom stereocenters. The van der Waals surface area contributed by atoms with E-state index in [1.807, 2.05) is 12.1 Å². The Balaban J connectivity index is 1.64. The van der Waals surface area contributed by atoms with Gasteiger partial charge in [-0.1, -0.05) is 91.6 Å². The van der Waals surface area contributed by atoms with E-state index in [9.17, 15) is 0 Å². The van der Waals surface area contributed by atoms with Gasteiger partial charge < -0.3 is 4.74 Å². The summed E-state index contributed by atoms with van der Waals surface area (Å²) in [7, 11) is 0. The number of benzene rings is 3. The predicted octanol–water partition coefficient (Wildman–Crippen LogP) is 11.7. The monoisotopic (exact) mass is 556 g/mol. The molecular weight excluding hydrogens is 503 g/mol. The quantitative estimate of drug-likeness (QED) is 0.215. The Kier molecular flexibility index (Phi) is 10.7. The first-order valence-corrected chi connectivity index (χ1v) is 16.5. The summed E-state index contributed by atoms with van der Waals surface area (Å²) in [5, 5.41) is 0. The van der Waals surface area contributed by atoms with E-state index in [-0.39, 0.29) is 11.2 Å². The van der Waals surface area contributed by atoms with Crippen LogP contribution in [-0.2, 0) is 19.3 Å². The molecule has 0 bridgehead atoms. The van der Waals surface area contributed by atoms with Gasteiger partial charge in [-0.2, -0.15) is 0 Å². The molecule has 1 saturated carbocycles. The molecule has 0 N–H and O–H groups in total. The Labute approximate surface area is 249 Å². The molecular formula is C39H53FO. The Morgan fingerprint density at radius 2 is 1.24 bits per heavy atom. The van der Waals surface area contributed by atoms with E-state index >= 15 is 4.39 Å². The molecule has 222 valence electrons. The zero-order valence-electron chi connectivity index (χ0n) is 26.8. The summed E-state index contributed by atoms with van der Waals surface area (Å²) in [6, 6.07) is 17.2. The fourth-order valence-electron chi connectivity index (χ4n) is 6.84. The molecule has 0 saturated heterocycles. The summed E-state index contributed by atoms with van der Waals surface area (Å²) in [6.07, 6.45) is 11.0. The molecule has 0 spiro atoms. The van der Waals surface area contributed by atoms with Crippen LogP contribution in [0.2, 0.25) is 0 Å². The van der Waals surface area contributed by atoms with E-state index in [4.69, 9.17) is 4.74 Å². The van der Waals surface area contributed by atoms with E-state index in [1.54, 1.807) is 0 Å². The second kappa shape index (κ2) is 14.0. The van der Waals surface area contributed by atoms with Crippen molar-refractivity contribution in [1.29, 1.82) is 0 Å². The summed E-state index contributed by atoms with van der Waals surface area (Å²) in [6.45, 7) is 16.6. The molecule has 0 radical (unpaired) electrons. The number of hydrogen-bond donors (Lipinski definition) is 0. The van der Waals surface area contributed by atoms with Crippen LogP contribution in [0.3, 0.4) is 0 Å². The fraction of sp³-hybridized carbons (Fsp3) is 0.538. The highest BCUT2D eigenvalue weighted by molar-refractivity contribution is 5.75. The summed E-state index contributed by atoms with van der Waals surface area (Å²) in [5.41, 5.74) is 9.30. The van der Waals surface area contributed by atoms with E-state index in [1.165, 1.54) is 59.1 Å². The molecule has 0 aromatic heterocycles. The van der Waals surface area contributed by atoms with Crippen molar-refractivity contribution in [3.63, 3.8) is 0 Å². The number of rotatable bonds is 12. The number of hydrogen-bond acceptors (Lipinski definition) is 1. The number of halogens is 1. The zero-order valence-corrected chi connectivity index (χ0v) is 26.8. The van der Waals surface area contributed by atoms with Gasteiger partial charge in [-0.15, -0.1) is 0 Å². The van der Waals surface area contributed by atoms with Crippen LogP contribution < -0.4 is 4.74 Å². The van der Waals surface area contributed by atoms with Crippen LogP contribution in [0.25, 0.3) is 22.3 Å². The minimum absolute atomic E-state index is 0.0890. The number of ether oxygens (including phenoxy) is 1. The molecule has 1 nitrogen and oxygen atoms in total. The molecule has 1 aliphatic rings. The maximum Gasteiger partial charge on any atom is 0.131 e. The Morgan fingerprint density at radius 1 is 0.683 bits per heavy atom. The standard InChI is InChI=1S/C39H53FO/c1-8-28-22-32(18-20-35(28)36-21-19-33(25-37(36)40)31-16-14-27(7)15-17-31)34-23-29(9-2)38(30(10-3)24-34)41-26-39(11-4,12-5)13-6/h18-25,27,31H,8-17,26H2,1-7H3. The highest BCUT2D eigenvalue weighted by Gasteiger charge is 2.26. The van der Waals surface area contributed by atoms with Crippen molar-refractivity contribution in [2.75, 3.05) is 6.61 Å². The molecule has 3 aromatic carbocycles. The van der Waals surface area contributed by atoms with Crippen LogP contribution in [0.15, 0.2) is 48.5 Å². The highest BCUT2D eigenvalue weighted by atomic mass is 19.1. The normalized spacial score (nSPS) is 17.6. The molecule has 0 atom stereocenters. The van der Waals surface area contributed by atoms with Gasteiger partial charge in [0.15, 0.2) is 0 Å². The Hall–Kier alpha value is -2.61. The van der Waals surface area contributed by atoms with E-state index in [0.717, 1.165) is 67.9 Å².